The van der Waals surface area contributed by atoms with Crippen LogP contribution < -0.4 is 4.90 Å². The minimum atomic E-state index is -0.955. The highest BCUT2D eigenvalue weighted by atomic mass is 35.5. The Morgan fingerprint density at radius 1 is 1.47 bits per heavy atom. The van der Waals surface area contributed by atoms with Crippen molar-refractivity contribution >= 4 is 29.2 Å². The molecule has 0 spiro atoms. The van der Waals surface area contributed by atoms with Gasteiger partial charge in [0.2, 0.25) is 5.91 Å². The van der Waals surface area contributed by atoms with Crippen LogP contribution in [0.25, 0.3) is 0 Å². The highest BCUT2D eigenvalue weighted by Crippen LogP contribution is 2.29. The van der Waals surface area contributed by atoms with Gasteiger partial charge < -0.3 is 10.0 Å². The molecule has 1 amide bonds. The van der Waals surface area contributed by atoms with Gasteiger partial charge in [-0.3, -0.25) is 4.79 Å². The Labute approximate surface area is 116 Å². The number of amides is 1. The number of hydrogen-bond acceptors (Lipinski definition) is 2. The lowest BCUT2D eigenvalue weighted by atomic mass is 9.98. The van der Waals surface area contributed by atoms with E-state index in [9.17, 15) is 9.59 Å². The quantitative estimate of drug-likeness (QED) is 0.925. The summed E-state index contributed by atoms with van der Waals surface area (Å²) in [6.07, 6.45) is 0.973. The average molecular weight is 280 g/mol. The van der Waals surface area contributed by atoms with Gasteiger partial charge in [-0.25, -0.2) is 4.79 Å². The fourth-order valence-electron chi connectivity index (χ4n) is 2.15. The summed E-state index contributed by atoms with van der Waals surface area (Å²) >= 11 is 5.64. The van der Waals surface area contributed by atoms with Crippen LogP contribution in [0.5, 0.6) is 0 Å². The number of fused-ring (bicyclic) bond motifs is 1. The van der Waals surface area contributed by atoms with E-state index in [1.807, 2.05) is 6.92 Å². The minimum Gasteiger partial charge on any atom is -0.478 e. The number of benzene rings is 1. The maximum atomic E-state index is 12.0. The summed E-state index contributed by atoms with van der Waals surface area (Å²) in [7, 11) is 0. The number of carbonyl (C=O) groups excluding carboxylic acids is 1. The number of anilines is 1. The second-order valence-electron chi connectivity index (χ2n) is 4.58. The lowest BCUT2D eigenvalue weighted by Crippen LogP contribution is -2.36. The first-order valence-corrected chi connectivity index (χ1v) is 6.39. The molecule has 100 valence electrons. The van der Waals surface area contributed by atoms with Gasteiger partial charge >= 0.3 is 5.97 Å². The first-order chi connectivity index (χ1) is 9.02. The number of carboxylic acids is 1. The predicted octanol–water partition coefficient (Wildman–Crippen LogP) is 2.81. The maximum absolute atomic E-state index is 12.0. The van der Waals surface area contributed by atoms with Crippen molar-refractivity contribution in [3.8, 4) is 0 Å². The fraction of sp³-hybridized carbons (Fsp3) is 0.286. The average Bonchev–Trinajstić information content (AvgIpc) is 2.41. The number of aryl methyl sites for hydroxylation is 1. The van der Waals surface area contributed by atoms with Crippen LogP contribution in [0.4, 0.5) is 5.69 Å². The van der Waals surface area contributed by atoms with Crippen LogP contribution >= 0.6 is 11.6 Å². The summed E-state index contributed by atoms with van der Waals surface area (Å²) in [5.41, 5.74) is 4.25. The molecule has 5 heteroatoms. The molecule has 1 N–H and O–H groups in total. The Morgan fingerprint density at radius 3 is 2.84 bits per heavy atom. The van der Waals surface area contributed by atoms with E-state index in [4.69, 9.17) is 16.7 Å². The zero-order chi connectivity index (χ0) is 14.0. The number of nitrogens with zero attached hydrogens (tertiary/aromatic N) is 1. The summed E-state index contributed by atoms with van der Waals surface area (Å²) < 4.78 is 0. The van der Waals surface area contributed by atoms with Gasteiger partial charge in [0.1, 0.15) is 0 Å². The molecule has 0 radical (unpaired) electrons. The largest absolute Gasteiger partial charge is 0.478 e. The summed E-state index contributed by atoms with van der Waals surface area (Å²) in [6, 6.07) is 4.85. The van der Waals surface area contributed by atoms with Crippen LogP contribution in [0.3, 0.4) is 0 Å². The second-order valence-corrected chi connectivity index (χ2v) is 4.80. The van der Waals surface area contributed by atoms with E-state index in [2.05, 4.69) is 0 Å². The smallest absolute Gasteiger partial charge is 0.335 e. The van der Waals surface area contributed by atoms with Gasteiger partial charge in [0.25, 0.3) is 0 Å². The Hall–Kier alpha value is -1.81. The molecule has 0 aromatic heterocycles. The van der Waals surface area contributed by atoms with E-state index in [0.717, 1.165) is 16.8 Å². The molecular formula is C14H14ClNO3. The molecule has 19 heavy (non-hydrogen) atoms. The number of rotatable bonds is 3. The summed E-state index contributed by atoms with van der Waals surface area (Å²) in [6.45, 7) is 2.28. The van der Waals surface area contributed by atoms with Crippen molar-refractivity contribution < 1.29 is 14.7 Å². The Kier molecular flexibility index (Phi) is 3.90. The third-order valence-corrected chi connectivity index (χ3v) is 3.49. The van der Waals surface area contributed by atoms with Gasteiger partial charge in [-0.15, -0.1) is 0 Å². The monoisotopic (exact) mass is 279 g/mol. The van der Waals surface area contributed by atoms with Crippen molar-refractivity contribution in [1.29, 1.82) is 0 Å². The number of halogens is 1. The molecule has 0 atom stereocenters. The Balaban J connectivity index is 2.39. The van der Waals surface area contributed by atoms with Crippen LogP contribution in [0.1, 0.15) is 29.3 Å². The third kappa shape index (κ3) is 2.79. The lowest BCUT2D eigenvalue weighted by Gasteiger charge is -2.29. The van der Waals surface area contributed by atoms with Crippen LogP contribution in [0.2, 0.25) is 0 Å². The van der Waals surface area contributed by atoms with Gasteiger partial charge in [-0.2, -0.15) is 0 Å². The molecule has 0 bridgehead atoms. The number of carboxylic acid groups (broad SMARTS) is 1. The number of hydrogen-bond donors (Lipinski definition) is 1. The standard InChI is InChI=1S/C14H14ClNO3/c1-9(7-15)8-16-12-4-2-11(14(18)19)6-10(12)3-5-13(16)17/h2,4,6-7H,3,5,8H2,1H3,(H,18,19)/b9-7-. The minimum absolute atomic E-state index is 0.0356. The van der Waals surface area contributed by atoms with Gasteiger partial charge in [-0.05, 0) is 42.7 Å². The predicted molar refractivity (Wildman–Crippen MR) is 73.7 cm³/mol. The van der Waals surface area contributed by atoms with Gasteiger partial charge in [0.15, 0.2) is 0 Å². The molecule has 0 unspecified atom stereocenters. The number of aromatic carboxylic acids is 1. The second kappa shape index (κ2) is 5.45. The van der Waals surface area contributed by atoms with Gasteiger partial charge in [-0.1, -0.05) is 11.6 Å². The van der Waals surface area contributed by atoms with Crippen molar-refractivity contribution in [3.05, 3.63) is 40.4 Å². The molecule has 1 aliphatic rings. The summed E-state index contributed by atoms with van der Waals surface area (Å²) in [5, 5.41) is 8.98. The first kappa shape index (κ1) is 13.6. The topological polar surface area (TPSA) is 57.6 Å². The molecule has 0 saturated heterocycles. The molecule has 4 nitrogen and oxygen atoms in total. The molecule has 0 saturated carbocycles. The van der Waals surface area contributed by atoms with Crippen LogP contribution in [-0.4, -0.2) is 23.5 Å². The highest BCUT2D eigenvalue weighted by Gasteiger charge is 2.24. The third-order valence-electron chi connectivity index (χ3n) is 3.12. The Bertz CT molecular complexity index is 566. The molecule has 0 fully saturated rings. The lowest BCUT2D eigenvalue weighted by molar-refractivity contribution is -0.118. The fourth-order valence-corrected chi connectivity index (χ4v) is 2.22. The van der Waals surface area contributed by atoms with E-state index in [1.165, 1.54) is 11.6 Å². The first-order valence-electron chi connectivity index (χ1n) is 5.95. The zero-order valence-electron chi connectivity index (χ0n) is 10.5. The van der Waals surface area contributed by atoms with E-state index in [1.54, 1.807) is 17.0 Å². The highest BCUT2D eigenvalue weighted by molar-refractivity contribution is 6.25. The molecular weight excluding hydrogens is 266 g/mol. The van der Waals surface area contributed by atoms with Gasteiger partial charge in [0, 0.05) is 24.2 Å². The SMILES string of the molecule is C/C(=C/Cl)CN1C(=O)CCc2cc(C(=O)O)ccc21. The van der Waals surface area contributed by atoms with Gasteiger partial charge in [0.05, 0.1) is 5.56 Å². The molecule has 1 aliphatic heterocycles. The van der Waals surface area contributed by atoms with E-state index in [0.29, 0.717) is 19.4 Å². The molecule has 0 aliphatic carbocycles. The van der Waals surface area contributed by atoms with Crippen LogP contribution in [0.15, 0.2) is 29.3 Å². The normalized spacial score (nSPS) is 15.4. The zero-order valence-corrected chi connectivity index (χ0v) is 11.3. The summed E-state index contributed by atoms with van der Waals surface area (Å²) in [4.78, 5) is 24.6. The van der Waals surface area contributed by atoms with Crippen molar-refractivity contribution in [2.75, 3.05) is 11.4 Å². The molecule has 2 rings (SSSR count). The maximum Gasteiger partial charge on any atom is 0.335 e. The van der Waals surface area contributed by atoms with Crippen molar-refractivity contribution in [1.82, 2.24) is 0 Å². The van der Waals surface area contributed by atoms with Crippen LogP contribution in [-0.2, 0) is 11.2 Å². The Morgan fingerprint density at radius 2 is 2.21 bits per heavy atom. The van der Waals surface area contributed by atoms with E-state index in [-0.39, 0.29) is 11.5 Å². The van der Waals surface area contributed by atoms with Crippen LogP contribution in [0, 0.1) is 0 Å². The van der Waals surface area contributed by atoms with Crippen molar-refractivity contribution in [3.63, 3.8) is 0 Å². The van der Waals surface area contributed by atoms with Crippen molar-refractivity contribution in [2.45, 2.75) is 19.8 Å². The summed E-state index contributed by atoms with van der Waals surface area (Å²) in [5.74, 6) is -0.920. The molecule has 1 heterocycles. The molecule has 1 aromatic rings. The van der Waals surface area contributed by atoms with E-state index < -0.39 is 5.97 Å². The molecule has 1 aromatic carbocycles. The van der Waals surface area contributed by atoms with Crippen molar-refractivity contribution in [2.24, 2.45) is 0 Å². The van der Waals surface area contributed by atoms with E-state index >= 15 is 0 Å². The number of carbonyl (C=O) groups is 2.